The molecule has 1 saturated carbocycles. The van der Waals surface area contributed by atoms with Crippen LogP contribution in [0.2, 0.25) is 0 Å². The summed E-state index contributed by atoms with van der Waals surface area (Å²) < 4.78 is 4.25. The highest BCUT2D eigenvalue weighted by Crippen LogP contribution is 2.27. The van der Waals surface area contributed by atoms with Gasteiger partial charge in [0.15, 0.2) is 0 Å². The van der Waals surface area contributed by atoms with Crippen molar-refractivity contribution in [2.75, 3.05) is 0 Å². The molecule has 1 aliphatic carbocycles. The van der Waals surface area contributed by atoms with Crippen LogP contribution in [0.1, 0.15) is 69.4 Å². The van der Waals surface area contributed by atoms with E-state index in [0.717, 1.165) is 5.92 Å². The molecule has 1 fully saturated rings. The van der Waals surface area contributed by atoms with E-state index in [-0.39, 0.29) is 0 Å². The number of ether oxygens (including phenoxy) is 1. The van der Waals surface area contributed by atoms with Crippen molar-refractivity contribution in [3.8, 4) is 0 Å². The highest BCUT2D eigenvalue weighted by molar-refractivity contribution is 5.50. The minimum absolute atomic E-state index is 1.11. The van der Waals surface area contributed by atoms with Gasteiger partial charge in [-0.15, -0.1) is 0 Å². The number of unbranched alkanes of at least 4 members (excludes halogenated alkanes) is 1. The van der Waals surface area contributed by atoms with E-state index in [1.54, 1.807) is 12.5 Å². The number of aryl methyl sites for hydroxylation is 1. The molecule has 2 aliphatic rings. The summed E-state index contributed by atoms with van der Waals surface area (Å²) in [7, 11) is 0. The van der Waals surface area contributed by atoms with Crippen molar-refractivity contribution in [2.24, 2.45) is 5.92 Å². The molecule has 0 radical (unpaired) electrons. The highest BCUT2D eigenvalue weighted by Gasteiger charge is 2.11. The summed E-state index contributed by atoms with van der Waals surface area (Å²) in [6.45, 7) is 8.07. The lowest BCUT2D eigenvalue weighted by Crippen LogP contribution is -2.05. The summed E-state index contributed by atoms with van der Waals surface area (Å²) in [6, 6.07) is 8.19. The summed E-state index contributed by atoms with van der Waals surface area (Å²) in [5.41, 5.74) is 2.50. The van der Waals surface area contributed by atoms with Gasteiger partial charge in [0, 0.05) is 0 Å². The Morgan fingerprint density at radius 3 is 2.23 bits per heavy atom. The number of benzene rings is 1. The largest absolute Gasteiger partial charge is 0.466 e. The second-order valence-corrected chi connectivity index (χ2v) is 6.12. The van der Waals surface area contributed by atoms with Gasteiger partial charge in [0.1, 0.15) is 12.5 Å². The van der Waals surface area contributed by atoms with Crippen LogP contribution in [0.3, 0.4) is 0 Å². The predicted molar refractivity (Wildman–Crippen MR) is 97.6 cm³/mol. The molecule has 3 rings (SSSR count). The highest BCUT2D eigenvalue weighted by atomic mass is 16.5. The van der Waals surface area contributed by atoms with Crippen LogP contribution in [0, 0.1) is 12.8 Å². The molecule has 122 valence electrons. The maximum absolute atomic E-state index is 4.25. The average molecular weight is 300 g/mol. The zero-order valence-electron chi connectivity index (χ0n) is 14.4. The van der Waals surface area contributed by atoms with Crippen molar-refractivity contribution in [2.45, 2.75) is 65.2 Å². The van der Waals surface area contributed by atoms with Crippen molar-refractivity contribution in [1.82, 2.24) is 0 Å². The van der Waals surface area contributed by atoms with Gasteiger partial charge in [-0.25, -0.2) is 0 Å². The summed E-state index contributed by atoms with van der Waals surface area (Å²) in [6.07, 6.45) is 17.1. The lowest BCUT2D eigenvalue weighted by Gasteiger charge is -2.20. The number of hydrogen-bond acceptors (Lipinski definition) is 1. The topological polar surface area (TPSA) is 12.5 Å². The molecule has 1 nitrogen and oxygen atoms in total. The Hall–Kier alpha value is -1.50. The summed E-state index contributed by atoms with van der Waals surface area (Å²) in [4.78, 5) is 0. The normalized spacial score (nSPS) is 15.5. The van der Waals surface area contributed by atoms with E-state index in [2.05, 4.69) is 37.3 Å². The van der Waals surface area contributed by atoms with Crippen LogP contribution in [0.15, 0.2) is 43.4 Å². The predicted octanol–water partition coefficient (Wildman–Crippen LogP) is 6.88. The molecule has 0 atom stereocenters. The summed E-state index contributed by atoms with van der Waals surface area (Å²) in [5, 5.41) is 0. The molecule has 1 aliphatic heterocycles. The standard InChI is InChI=1S/C10H20.C9H10.C2H2O/c1-2-3-7-10-8-5-4-6-9-10;1-3-9-7-5-4-6-8(9)2;1-2-3-1/h10H,2-9H2,1H3;3-7H,1H2,2H3;1-2H. The molecule has 1 heteroatoms. The van der Waals surface area contributed by atoms with Crippen LogP contribution in [-0.2, 0) is 4.74 Å². The zero-order chi connectivity index (χ0) is 16.0. The third-order valence-corrected chi connectivity index (χ3v) is 4.24. The Balaban J connectivity index is 0.000000185. The van der Waals surface area contributed by atoms with Gasteiger partial charge in [-0.05, 0) is 24.0 Å². The fraction of sp³-hybridized carbons (Fsp3) is 0.524. The third kappa shape index (κ3) is 9.44. The van der Waals surface area contributed by atoms with Crippen molar-refractivity contribution in [1.29, 1.82) is 0 Å². The van der Waals surface area contributed by atoms with Crippen LogP contribution in [0.4, 0.5) is 0 Å². The lowest BCUT2D eigenvalue weighted by molar-refractivity contribution is 0.331. The van der Waals surface area contributed by atoms with Crippen LogP contribution in [0.25, 0.3) is 6.08 Å². The Morgan fingerprint density at radius 1 is 1.14 bits per heavy atom. The molecule has 0 bridgehead atoms. The molecule has 1 heterocycles. The van der Waals surface area contributed by atoms with Crippen molar-refractivity contribution < 1.29 is 4.74 Å². The molecular weight excluding hydrogens is 268 g/mol. The second kappa shape index (κ2) is 12.1. The molecule has 0 aromatic heterocycles. The summed E-state index contributed by atoms with van der Waals surface area (Å²) in [5.74, 6) is 1.11. The van der Waals surface area contributed by atoms with Gasteiger partial charge in [0.25, 0.3) is 0 Å². The molecule has 1 aromatic carbocycles. The lowest BCUT2D eigenvalue weighted by atomic mass is 9.86. The van der Waals surface area contributed by atoms with E-state index in [0.29, 0.717) is 0 Å². The van der Waals surface area contributed by atoms with Gasteiger partial charge in [0.2, 0.25) is 0 Å². The van der Waals surface area contributed by atoms with Gasteiger partial charge in [-0.2, -0.15) is 0 Å². The van der Waals surface area contributed by atoms with Gasteiger partial charge >= 0.3 is 0 Å². The van der Waals surface area contributed by atoms with Gasteiger partial charge in [-0.1, -0.05) is 95.2 Å². The second-order valence-electron chi connectivity index (χ2n) is 6.12. The van der Waals surface area contributed by atoms with Crippen LogP contribution in [0.5, 0.6) is 0 Å². The van der Waals surface area contributed by atoms with Crippen LogP contribution >= 0.6 is 0 Å². The summed E-state index contributed by atoms with van der Waals surface area (Å²) >= 11 is 0. The Kier molecular flexibility index (Phi) is 10.2. The molecule has 1 aromatic rings. The van der Waals surface area contributed by atoms with Crippen molar-refractivity contribution >= 4 is 6.08 Å². The third-order valence-electron chi connectivity index (χ3n) is 4.24. The van der Waals surface area contributed by atoms with Gasteiger partial charge in [-0.3, -0.25) is 0 Å². The van der Waals surface area contributed by atoms with E-state index in [9.17, 15) is 0 Å². The first-order chi connectivity index (χ1) is 10.8. The molecule has 0 unspecified atom stereocenters. The van der Waals surface area contributed by atoms with E-state index in [4.69, 9.17) is 0 Å². The number of rotatable bonds is 4. The smallest absolute Gasteiger partial charge is 0.125 e. The fourth-order valence-electron chi connectivity index (χ4n) is 2.78. The molecular formula is C21H32O. The van der Waals surface area contributed by atoms with E-state index >= 15 is 0 Å². The Morgan fingerprint density at radius 2 is 1.77 bits per heavy atom. The monoisotopic (exact) mass is 300 g/mol. The van der Waals surface area contributed by atoms with E-state index in [1.165, 1.54) is 62.5 Å². The van der Waals surface area contributed by atoms with Crippen LogP contribution in [-0.4, -0.2) is 0 Å². The molecule has 0 spiro atoms. The first-order valence-corrected chi connectivity index (χ1v) is 8.76. The first kappa shape index (κ1) is 18.5. The molecule has 0 saturated heterocycles. The fourth-order valence-corrected chi connectivity index (χ4v) is 2.78. The van der Waals surface area contributed by atoms with Crippen molar-refractivity contribution in [3.63, 3.8) is 0 Å². The minimum Gasteiger partial charge on any atom is -0.466 e. The van der Waals surface area contributed by atoms with Crippen molar-refractivity contribution in [3.05, 3.63) is 54.5 Å². The van der Waals surface area contributed by atoms with Gasteiger partial charge < -0.3 is 4.74 Å². The Labute approximate surface area is 137 Å². The molecule has 0 amide bonds. The van der Waals surface area contributed by atoms with E-state index < -0.39 is 0 Å². The maximum atomic E-state index is 4.25. The first-order valence-electron chi connectivity index (χ1n) is 8.76. The molecule has 22 heavy (non-hydrogen) atoms. The molecule has 0 N–H and O–H groups in total. The maximum Gasteiger partial charge on any atom is 0.125 e. The van der Waals surface area contributed by atoms with Gasteiger partial charge in [0.05, 0.1) is 0 Å². The Bertz CT molecular complexity index is 423. The van der Waals surface area contributed by atoms with E-state index in [1.807, 2.05) is 18.2 Å². The quantitative estimate of drug-likeness (QED) is 0.590. The zero-order valence-corrected chi connectivity index (χ0v) is 14.4. The van der Waals surface area contributed by atoms with Crippen LogP contribution < -0.4 is 0 Å². The minimum atomic E-state index is 1.11. The average Bonchev–Trinajstić information content (AvgIpc) is 3.44. The number of hydrogen-bond donors (Lipinski definition) is 0. The SMILES string of the molecule is C1=CO1.C=Cc1ccccc1C.CCCCC1CCCCC1.